The highest BCUT2D eigenvalue weighted by Crippen LogP contribution is 2.36. The first kappa shape index (κ1) is 9.76. The number of fused-ring (bicyclic) bond motifs is 1. The van der Waals surface area contributed by atoms with Crippen molar-refractivity contribution in [3.05, 3.63) is 36.0 Å². The van der Waals surface area contributed by atoms with Crippen molar-refractivity contribution in [2.75, 3.05) is 0 Å². The number of rotatable bonds is 0. The van der Waals surface area contributed by atoms with Crippen molar-refractivity contribution in [2.24, 2.45) is 0 Å². The van der Waals surface area contributed by atoms with Gasteiger partial charge in [-0.1, -0.05) is 6.07 Å². The van der Waals surface area contributed by atoms with E-state index < -0.39 is 17.6 Å². The summed E-state index contributed by atoms with van der Waals surface area (Å²) in [5, 5.41) is 9.34. The number of aromatic hydroxyl groups is 1. The van der Waals surface area contributed by atoms with Crippen molar-refractivity contribution in [2.45, 2.75) is 6.18 Å². The van der Waals surface area contributed by atoms with Crippen LogP contribution >= 0.6 is 0 Å². The fourth-order valence-electron chi connectivity index (χ4n) is 1.44. The van der Waals surface area contributed by atoms with E-state index in [1.54, 1.807) is 0 Å². The molecule has 0 saturated heterocycles. The monoisotopic (exact) mass is 213 g/mol. The molecule has 0 spiro atoms. The zero-order chi connectivity index (χ0) is 11.1. The predicted octanol–water partition coefficient (Wildman–Crippen LogP) is 2.96. The Morgan fingerprint density at radius 3 is 2.47 bits per heavy atom. The summed E-state index contributed by atoms with van der Waals surface area (Å²) < 4.78 is 37.6. The molecule has 2 rings (SSSR count). The molecule has 0 radical (unpaired) electrons. The SMILES string of the molecule is Oc1nccc2c(C(F)(F)F)cccc12. The predicted molar refractivity (Wildman–Crippen MR) is 48.4 cm³/mol. The molecule has 0 bridgehead atoms. The molecular weight excluding hydrogens is 207 g/mol. The Labute approximate surface area is 83.0 Å². The van der Waals surface area contributed by atoms with Gasteiger partial charge in [0.1, 0.15) is 0 Å². The van der Waals surface area contributed by atoms with Crippen LogP contribution in [0.25, 0.3) is 10.8 Å². The third kappa shape index (κ3) is 1.60. The van der Waals surface area contributed by atoms with Crippen LogP contribution in [0.2, 0.25) is 0 Å². The fourth-order valence-corrected chi connectivity index (χ4v) is 1.44. The number of pyridine rings is 1. The van der Waals surface area contributed by atoms with E-state index in [-0.39, 0.29) is 10.8 Å². The van der Waals surface area contributed by atoms with Gasteiger partial charge in [-0.3, -0.25) is 0 Å². The molecule has 1 aromatic carbocycles. The van der Waals surface area contributed by atoms with E-state index in [1.807, 2.05) is 0 Å². The quantitative estimate of drug-likeness (QED) is 0.729. The zero-order valence-electron chi connectivity index (χ0n) is 7.42. The van der Waals surface area contributed by atoms with Crippen LogP contribution in [0.5, 0.6) is 5.88 Å². The lowest BCUT2D eigenvalue weighted by Gasteiger charge is -2.09. The van der Waals surface area contributed by atoms with Crippen LogP contribution in [0.1, 0.15) is 5.56 Å². The summed E-state index contributed by atoms with van der Waals surface area (Å²) in [5.74, 6) is -0.390. The zero-order valence-corrected chi connectivity index (χ0v) is 7.42. The molecule has 15 heavy (non-hydrogen) atoms. The summed E-state index contributed by atoms with van der Waals surface area (Å²) >= 11 is 0. The van der Waals surface area contributed by atoms with Gasteiger partial charge in [-0.2, -0.15) is 13.2 Å². The molecule has 0 aliphatic carbocycles. The standard InChI is InChI=1S/C10H6F3NO/c11-10(12,13)8-3-1-2-7-6(8)4-5-14-9(7)15/h1-5H,(H,14,15). The highest BCUT2D eigenvalue weighted by molar-refractivity contribution is 5.89. The molecule has 0 amide bonds. The van der Waals surface area contributed by atoms with E-state index in [9.17, 15) is 18.3 Å². The maximum absolute atomic E-state index is 12.5. The van der Waals surface area contributed by atoms with E-state index in [0.717, 1.165) is 12.3 Å². The fraction of sp³-hybridized carbons (Fsp3) is 0.100. The molecule has 0 saturated carbocycles. The molecule has 0 atom stereocenters. The molecule has 5 heteroatoms. The highest BCUT2D eigenvalue weighted by Gasteiger charge is 2.32. The number of halogens is 3. The summed E-state index contributed by atoms with van der Waals surface area (Å²) in [7, 11) is 0. The van der Waals surface area contributed by atoms with Crippen molar-refractivity contribution < 1.29 is 18.3 Å². The van der Waals surface area contributed by atoms with Gasteiger partial charge in [0.15, 0.2) is 0 Å². The van der Waals surface area contributed by atoms with Crippen LogP contribution in [-0.2, 0) is 6.18 Å². The van der Waals surface area contributed by atoms with Gasteiger partial charge >= 0.3 is 6.18 Å². The van der Waals surface area contributed by atoms with Gasteiger partial charge in [0.05, 0.1) is 5.56 Å². The van der Waals surface area contributed by atoms with Gasteiger partial charge in [-0.15, -0.1) is 0 Å². The Hall–Kier alpha value is -1.78. The first-order valence-electron chi connectivity index (χ1n) is 4.14. The number of benzene rings is 1. The third-order valence-corrected chi connectivity index (χ3v) is 2.09. The van der Waals surface area contributed by atoms with Crippen LogP contribution in [0.3, 0.4) is 0 Å². The second-order valence-electron chi connectivity index (χ2n) is 3.03. The van der Waals surface area contributed by atoms with E-state index in [1.165, 1.54) is 18.2 Å². The molecule has 1 heterocycles. The minimum Gasteiger partial charge on any atom is -0.493 e. The number of hydrogen-bond donors (Lipinski definition) is 1. The second kappa shape index (κ2) is 3.12. The molecule has 2 aromatic rings. The van der Waals surface area contributed by atoms with Crippen molar-refractivity contribution in [3.8, 4) is 5.88 Å². The van der Waals surface area contributed by atoms with Crippen molar-refractivity contribution in [1.29, 1.82) is 0 Å². The van der Waals surface area contributed by atoms with Crippen molar-refractivity contribution in [1.82, 2.24) is 4.98 Å². The third-order valence-electron chi connectivity index (χ3n) is 2.09. The van der Waals surface area contributed by atoms with Crippen LogP contribution in [-0.4, -0.2) is 10.1 Å². The molecule has 0 aliphatic heterocycles. The lowest BCUT2D eigenvalue weighted by molar-refractivity contribution is -0.136. The maximum atomic E-state index is 12.5. The van der Waals surface area contributed by atoms with Crippen LogP contribution < -0.4 is 0 Å². The van der Waals surface area contributed by atoms with Gasteiger partial charge in [0.25, 0.3) is 0 Å². The molecule has 1 N–H and O–H groups in total. The molecule has 1 aromatic heterocycles. The van der Waals surface area contributed by atoms with Crippen LogP contribution in [0.15, 0.2) is 30.5 Å². The van der Waals surface area contributed by atoms with E-state index >= 15 is 0 Å². The molecule has 0 aliphatic rings. The Bertz CT molecular complexity index is 507. The average molecular weight is 213 g/mol. The lowest BCUT2D eigenvalue weighted by atomic mass is 10.1. The van der Waals surface area contributed by atoms with E-state index in [4.69, 9.17) is 0 Å². The summed E-state index contributed by atoms with van der Waals surface area (Å²) in [6.07, 6.45) is -3.28. The van der Waals surface area contributed by atoms with Crippen LogP contribution in [0.4, 0.5) is 13.2 Å². The Morgan fingerprint density at radius 1 is 1.07 bits per heavy atom. The highest BCUT2D eigenvalue weighted by atomic mass is 19.4. The number of aromatic nitrogens is 1. The molecule has 0 unspecified atom stereocenters. The normalized spacial score (nSPS) is 11.9. The smallest absolute Gasteiger partial charge is 0.417 e. The Kier molecular flexibility index (Phi) is 2.03. The van der Waals surface area contributed by atoms with Crippen molar-refractivity contribution in [3.63, 3.8) is 0 Å². The molecule has 2 nitrogen and oxygen atoms in total. The molecule has 78 valence electrons. The summed E-state index contributed by atoms with van der Waals surface area (Å²) in [4.78, 5) is 3.52. The summed E-state index contributed by atoms with van der Waals surface area (Å²) in [6.45, 7) is 0. The topological polar surface area (TPSA) is 33.1 Å². The minimum atomic E-state index is -4.42. The maximum Gasteiger partial charge on any atom is 0.417 e. The largest absolute Gasteiger partial charge is 0.493 e. The van der Waals surface area contributed by atoms with Gasteiger partial charge < -0.3 is 5.11 Å². The molecular formula is C10H6F3NO. The van der Waals surface area contributed by atoms with Gasteiger partial charge in [0.2, 0.25) is 5.88 Å². The summed E-state index contributed by atoms with van der Waals surface area (Å²) in [5.41, 5.74) is -0.766. The van der Waals surface area contributed by atoms with Gasteiger partial charge in [0, 0.05) is 17.0 Å². The van der Waals surface area contributed by atoms with Gasteiger partial charge in [-0.25, -0.2) is 4.98 Å². The average Bonchev–Trinajstić information content (AvgIpc) is 2.16. The van der Waals surface area contributed by atoms with Crippen LogP contribution in [0, 0.1) is 0 Å². The Morgan fingerprint density at radius 2 is 1.80 bits per heavy atom. The van der Waals surface area contributed by atoms with Gasteiger partial charge in [-0.05, 0) is 18.2 Å². The number of nitrogens with zero attached hydrogens (tertiary/aromatic N) is 1. The number of hydrogen-bond acceptors (Lipinski definition) is 2. The molecule has 0 fully saturated rings. The first-order valence-corrected chi connectivity index (χ1v) is 4.14. The Balaban J connectivity index is 2.83. The number of alkyl halides is 3. The van der Waals surface area contributed by atoms with E-state index in [2.05, 4.69) is 4.98 Å². The van der Waals surface area contributed by atoms with Crippen molar-refractivity contribution >= 4 is 10.8 Å². The lowest BCUT2D eigenvalue weighted by Crippen LogP contribution is -2.05. The summed E-state index contributed by atoms with van der Waals surface area (Å²) in [6, 6.07) is 4.85. The first-order chi connectivity index (χ1) is 7.00. The minimum absolute atomic E-state index is 0.0440. The second-order valence-corrected chi connectivity index (χ2v) is 3.03. The van der Waals surface area contributed by atoms with E-state index in [0.29, 0.717) is 0 Å².